The summed E-state index contributed by atoms with van der Waals surface area (Å²) in [5.74, 6) is 0. The van der Waals surface area contributed by atoms with Crippen molar-refractivity contribution in [3.63, 3.8) is 0 Å². The Morgan fingerprint density at radius 1 is 1.29 bits per heavy atom. The van der Waals surface area contributed by atoms with Gasteiger partial charge in [0, 0.05) is 10.4 Å². The normalized spacial score (nSPS) is 10.1. The smallest absolute Gasteiger partial charge is 0.151 e. The van der Waals surface area contributed by atoms with Gasteiger partial charge in [-0.25, -0.2) is 0 Å². The Bertz CT molecular complexity index is 457. The zero-order chi connectivity index (χ0) is 9.97. The third kappa shape index (κ3) is 1.61. The molecule has 14 heavy (non-hydrogen) atoms. The van der Waals surface area contributed by atoms with Crippen LogP contribution >= 0.6 is 11.3 Å². The molecule has 0 aliphatic carbocycles. The number of hydrogen-bond donors (Lipinski definition) is 0. The molecule has 1 aromatic heterocycles. The van der Waals surface area contributed by atoms with Crippen molar-refractivity contribution >= 4 is 17.6 Å². The first-order chi connectivity index (χ1) is 6.81. The van der Waals surface area contributed by atoms with Crippen LogP contribution in [-0.2, 0) is 0 Å². The average molecular weight is 202 g/mol. The highest BCUT2D eigenvalue weighted by molar-refractivity contribution is 7.14. The van der Waals surface area contributed by atoms with Gasteiger partial charge in [0.15, 0.2) is 6.29 Å². The molecular formula is C12H10OS. The SMILES string of the molecule is Cc1cccc(-c2sccc2C=O)c1. The van der Waals surface area contributed by atoms with Gasteiger partial charge in [0.2, 0.25) is 0 Å². The average Bonchev–Trinajstić information content (AvgIpc) is 2.65. The van der Waals surface area contributed by atoms with E-state index >= 15 is 0 Å². The van der Waals surface area contributed by atoms with E-state index in [4.69, 9.17) is 0 Å². The summed E-state index contributed by atoms with van der Waals surface area (Å²) in [6, 6.07) is 10.1. The van der Waals surface area contributed by atoms with Gasteiger partial charge < -0.3 is 0 Å². The van der Waals surface area contributed by atoms with Crippen LogP contribution in [-0.4, -0.2) is 6.29 Å². The van der Waals surface area contributed by atoms with E-state index in [2.05, 4.69) is 19.1 Å². The molecule has 0 unspecified atom stereocenters. The van der Waals surface area contributed by atoms with E-state index in [1.54, 1.807) is 11.3 Å². The van der Waals surface area contributed by atoms with E-state index < -0.39 is 0 Å². The lowest BCUT2D eigenvalue weighted by molar-refractivity contribution is 0.112. The van der Waals surface area contributed by atoms with Crippen LogP contribution in [0.3, 0.4) is 0 Å². The summed E-state index contributed by atoms with van der Waals surface area (Å²) in [6.45, 7) is 2.05. The first kappa shape index (κ1) is 9.16. The number of carbonyl (C=O) groups is 1. The highest BCUT2D eigenvalue weighted by atomic mass is 32.1. The number of carbonyl (C=O) groups excluding carboxylic acids is 1. The topological polar surface area (TPSA) is 17.1 Å². The van der Waals surface area contributed by atoms with Crippen molar-refractivity contribution < 1.29 is 4.79 Å². The summed E-state index contributed by atoms with van der Waals surface area (Å²) in [5.41, 5.74) is 3.12. The molecule has 1 heterocycles. The standard InChI is InChI=1S/C12H10OS/c1-9-3-2-4-10(7-9)12-11(8-13)5-6-14-12/h2-8H,1H3. The van der Waals surface area contributed by atoms with Gasteiger partial charge in [-0.05, 0) is 23.9 Å². The van der Waals surface area contributed by atoms with E-state index in [0.29, 0.717) is 0 Å². The zero-order valence-corrected chi connectivity index (χ0v) is 8.67. The largest absolute Gasteiger partial charge is 0.298 e. The van der Waals surface area contributed by atoms with Gasteiger partial charge in [0.1, 0.15) is 0 Å². The molecular weight excluding hydrogens is 192 g/mol. The van der Waals surface area contributed by atoms with Crippen LogP contribution in [0, 0.1) is 6.92 Å². The van der Waals surface area contributed by atoms with E-state index in [0.717, 1.165) is 22.3 Å². The van der Waals surface area contributed by atoms with Crippen LogP contribution in [0.2, 0.25) is 0 Å². The minimum atomic E-state index is 0.778. The third-order valence-corrected chi connectivity index (χ3v) is 3.08. The van der Waals surface area contributed by atoms with Gasteiger partial charge in [-0.2, -0.15) is 0 Å². The summed E-state index contributed by atoms with van der Waals surface area (Å²) in [6.07, 6.45) is 0.911. The van der Waals surface area contributed by atoms with E-state index in [1.807, 2.05) is 23.6 Å². The number of benzene rings is 1. The van der Waals surface area contributed by atoms with Crippen LogP contribution in [0.25, 0.3) is 10.4 Å². The Labute approximate surface area is 87.0 Å². The lowest BCUT2D eigenvalue weighted by Gasteiger charge is -2.00. The number of aldehydes is 1. The Morgan fingerprint density at radius 2 is 2.14 bits per heavy atom. The maximum atomic E-state index is 10.8. The molecule has 2 aromatic rings. The lowest BCUT2D eigenvalue weighted by Crippen LogP contribution is -1.80. The van der Waals surface area contributed by atoms with Gasteiger partial charge in [-0.1, -0.05) is 29.8 Å². The summed E-state index contributed by atoms with van der Waals surface area (Å²) >= 11 is 1.60. The van der Waals surface area contributed by atoms with Gasteiger partial charge >= 0.3 is 0 Å². The highest BCUT2D eigenvalue weighted by Crippen LogP contribution is 2.28. The maximum Gasteiger partial charge on any atom is 0.151 e. The van der Waals surface area contributed by atoms with Crippen LogP contribution < -0.4 is 0 Å². The summed E-state index contributed by atoms with van der Waals surface area (Å²) in [5, 5.41) is 1.95. The first-order valence-corrected chi connectivity index (χ1v) is 5.29. The van der Waals surface area contributed by atoms with E-state index in [-0.39, 0.29) is 0 Å². The van der Waals surface area contributed by atoms with Crippen molar-refractivity contribution in [2.24, 2.45) is 0 Å². The predicted molar refractivity (Wildman–Crippen MR) is 59.9 cm³/mol. The molecule has 0 aliphatic rings. The highest BCUT2D eigenvalue weighted by Gasteiger charge is 2.05. The fraction of sp³-hybridized carbons (Fsp3) is 0.0833. The molecule has 70 valence electrons. The first-order valence-electron chi connectivity index (χ1n) is 4.41. The van der Waals surface area contributed by atoms with E-state index in [1.165, 1.54) is 5.56 Å². The van der Waals surface area contributed by atoms with Crippen molar-refractivity contribution in [1.82, 2.24) is 0 Å². The molecule has 2 rings (SSSR count). The molecule has 2 heteroatoms. The second kappa shape index (κ2) is 3.76. The fourth-order valence-corrected chi connectivity index (χ4v) is 2.30. The minimum absolute atomic E-state index is 0.778. The number of rotatable bonds is 2. The van der Waals surface area contributed by atoms with Crippen LogP contribution in [0.5, 0.6) is 0 Å². The number of aryl methyl sites for hydroxylation is 1. The Balaban J connectivity index is 2.54. The molecule has 0 spiro atoms. The fourth-order valence-electron chi connectivity index (χ4n) is 1.43. The van der Waals surface area contributed by atoms with Crippen LogP contribution in [0.4, 0.5) is 0 Å². The van der Waals surface area contributed by atoms with Crippen molar-refractivity contribution in [3.8, 4) is 10.4 Å². The molecule has 0 bridgehead atoms. The molecule has 0 amide bonds. The molecule has 0 fully saturated rings. The minimum Gasteiger partial charge on any atom is -0.298 e. The van der Waals surface area contributed by atoms with Gasteiger partial charge in [-0.3, -0.25) is 4.79 Å². The molecule has 0 atom stereocenters. The Hall–Kier alpha value is -1.41. The lowest BCUT2D eigenvalue weighted by atomic mass is 10.1. The maximum absolute atomic E-state index is 10.8. The van der Waals surface area contributed by atoms with Gasteiger partial charge in [0.25, 0.3) is 0 Å². The van der Waals surface area contributed by atoms with E-state index in [9.17, 15) is 4.79 Å². The van der Waals surface area contributed by atoms with Crippen LogP contribution in [0.15, 0.2) is 35.7 Å². The molecule has 0 saturated heterocycles. The Morgan fingerprint density at radius 3 is 2.86 bits per heavy atom. The summed E-state index contributed by atoms with van der Waals surface area (Å²) < 4.78 is 0. The summed E-state index contributed by atoms with van der Waals surface area (Å²) in [4.78, 5) is 11.8. The van der Waals surface area contributed by atoms with Crippen molar-refractivity contribution in [1.29, 1.82) is 0 Å². The molecule has 0 aliphatic heterocycles. The van der Waals surface area contributed by atoms with Gasteiger partial charge in [0.05, 0.1) is 0 Å². The predicted octanol–water partition coefficient (Wildman–Crippen LogP) is 3.54. The molecule has 1 aromatic carbocycles. The molecule has 0 radical (unpaired) electrons. The van der Waals surface area contributed by atoms with Crippen LogP contribution in [0.1, 0.15) is 15.9 Å². The zero-order valence-electron chi connectivity index (χ0n) is 7.86. The molecule has 0 N–H and O–H groups in total. The second-order valence-corrected chi connectivity index (χ2v) is 4.11. The quantitative estimate of drug-likeness (QED) is 0.681. The van der Waals surface area contributed by atoms with Crippen molar-refractivity contribution in [3.05, 3.63) is 46.8 Å². The number of hydrogen-bond acceptors (Lipinski definition) is 2. The van der Waals surface area contributed by atoms with Crippen molar-refractivity contribution in [2.75, 3.05) is 0 Å². The Kier molecular flexibility index (Phi) is 2.46. The molecule has 1 nitrogen and oxygen atoms in total. The number of thiophene rings is 1. The van der Waals surface area contributed by atoms with Crippen molar-refractivity contribution in [2.45, 2.75) is 6.92 Å². The monoisotopic (exact) mass is 202 g/mol. The second-order valence-electron chi connectivity index (χ2n) is 3.19. The molecule has 0 saturated carbocycles. The summed E-state index contributed by atoms with van der Waals surface area (Å²) in [7, 11) is 0. The van der Waals surface area contributed by atoms with Gasteiger partial charge in [-0.15, -0.1) is 11.3 Å². The third-order valence-electron chi connectivity index (χ3n) is 2.10.